The fourth-order valence-electron chi connectivity index (χ4n) is 5.08. The molecule has 1 atom stereocenters. The molecule has 0 spiro atoms. The average Bonchev–Trinajstić information content (AvgIpc) is 2.89. The van der Waals surface area contributed by atoms with Crippen LogP contribution in [0.3, 0.4) is 0 Å². The lowest BCUT2D eigenvalue weighted by Crippen LogP contribution is -2.51. The van der Waals surface area contributed by atoms with E-state index >= 15 is 0 Å². The summed E-state index contributed by atoms with van der Waals surface area (Å²) in [5.74, 6) is -2.68. The topological polar surface area (TPSA) is 86.8 Å². The molecule has 2 amide bonds. The molecular formula is C29H39F2N3O4S. The van der Waals surface area contributed by atoms with Crippen molar-refractivity contribution in [1.82, 2.24) is 10.2 Å². The molecular weight excluding hydrogens is 524 g/mol. The molecule has 39 heavy (non-hydrogen) atoms. The van der Waals surface area contributed by atoms with Gasteiger partial charge in [0.25, 0.3) is 0 Å². The summed E-state index contributed by atoms with van der Waals surface area (Å²) in [5.41, 5.74) is 1.91. The van der Waals surface area contributed by atoms with Gasteiger partial charge in [-0.1, -0.05) is 50.5 Å². The summed E-state index contributed by atoms with van der Waals surface area (Å²) in [5, 5.41) is 3.14. The number of hydrogen-bond acceptors (Lipinski definition) is 4. The van der Waals surface area contributed by atoms with E-state index in [4.69, 9.17) is 0 Å². The number of nitrogens with zero attached hydrogens (tertiary/aromatic N) is 2. The van der Waals surface area contributed by atoms with E-state index in [2.05, 4.69) is 5.32 Å². The van der Waals surface area contributed by atoms with Crippen molar-refractivity contribution in [3.05, 3.63) is 65.2 Å². The van der Waals surface area contributed by atoms with Crippen molar-refractivity contribution in [1.29, 1.82) is 0 Å². The van der Waals surface area contributed by atoms with Crippen LogP contribution in [0.15, 0.2) is 42.5 Å². The third-order valence-corrected chi connectivity index (χ3v) is 8.48. The number of sulfonamides is 1. The maximum absolute atomic E-state index is 13.8. The molecule has 0 heterocycles. The van der Waals surface area contributed by atoms with Crippen LogP contribution in [0.2, 0.25) is 0 Å². The Morgan fingerprint density at radius 1 is 1.05 bits per heavy atom. The van der Waals surface area contributed by atoms with Crippen molar-refractivity contribution in [3.8, 4) is 0 Å². The SMILES string of the molecule is CC[C@H](C(=O)NC1CCCCC1)N(Cc1ccccc1C)C(=O)CCCN(c1ccc(F)c(F)c1)S(C)(=O)=O. The Hall–Kier alpha value is -3.01. The van der Waals surface area contributed by atoms with E-state index < -0.39 is 27.7 Å². The fourth-order valence-corrected chi connectivity index (χ4v) is 6.04. The van der Waals surface area contributed by atoms with Crippen LogP contribution >= 0.6 is 0 Å². The molecule has 3 rings (SSSR count). The molecule has 7 nitrogen and oxygen atoms in total. The molecule has 2 aromatic rings. The minimum Gasteiger partial charge on any atom is -0.352 e. The first kappa shape index (κ1) is 30.5. The van der Waals surface area contributed by atoms with E-state index in [-0.39, 0.29) is 49.5 Å². The van der Waals surface area contributed by atoms with Crippen molar-refractivity contribution in [2.75, 3.05) is 17.1 Å². The third-order valence-electron chi connectivity index (χ3n) is 7.28. The number of hydrogen-bond donors (Lipinski definition) is 1. The minimum absolute atomic E-state index is 0.0149. The highest BCUT2D eigenvalue weighted by Crippen LogP contribution is 2.23. The van der Waals surface area contributed by atoms with Crippen molar-refractivity contribution in [2.24, 2.45) is 0 Å². The van der Waals surface area contributed by atoms with Gasteiger partial charge >= 0.3 is 0 Å². The Labute approximate surface area is 230 Å². The standard InChI is InChI=1S/C29H39F2N3O4S/c1-4-27(29(36)32-23-13-6-5-7-14-23)33(20-22-12-9-8-11-21(22)2)28(35)15-10-18-34(39(3,37)38)24-16-17-25(30)26(31)19-24/h8-9,11-12,16-17,19,23,27H,4-7,10,13-15,18,20H2,1-3H3,(H,32,36)/t27-/m1/s1. The third kappa shape index (κ3) is 8.49. The average molecular weight is 564 g/mol. The number of rotatable bonds is 12. The lowest BCUT2D eigenvalue weighted by molar-refractivity contribution is -0.141. The van der Waals surface area contributed by atoms with E-state index in [1.54, 1.807) is 4.90 Å². The lowest BCUT2D eigenvalue weighted by Gasteiger charge is -2.33. The van der Waals surface area contributed by atoms with Gasteiger partial charge in [0.05, 0.1) is 11.9 Å². The quantitative estimate of drug-likeness (QED) is 0.391. The van der Waals surface area contributed by atoms with Crippen LogP contribution in [0, 0.1) is 18.6 Å². The second kappa shape index (κ2) is 13.9. The van der Waals surface area contributed by atoms with Crippen molar-refractivity contribution in [2.45, 2.75) is 83.8 Å². The largest absolute Gasteiger partial charge is 0.352 e. The highest BCUT2D eigenvalue weighted by molar-refractivity contribution is 7.92. The summed E-state index contributed by atoms with van der Waals surface area (Å²) in [6, 6.07) is 10.00. The number of nitrogens with one attached hydrogen (secondary N) is 1. The van der Waals surface area contributed by atoms with E-state index in [0.29, 0.717) is 6.42 Å². The molecule has 1 aliphatic rings. The number of carbonyl (C=O) groups is 2. The number of carbonyl (C=O) groups excluding carboxylic acids is 2. The number of anilines is 1. The van der Waals surface area contributed by atoms with Gasteiger partial charge in [0, 0.05) is 31.6 Å². The maximum Gasteiger partial charge on any atom is 0.243 e. The van der Waals surface area contributed by atoms with Gasteiger partial charge in [-0.15, -0.1) is 0 Å². The normalized spacial score (nSPS) is 15.0. The molecule has 0 aliphatic heterocycles. The molecule has 214 valence electrons. The second-order valence-electron chi connectivity index (χ2n) is 10.3. The molecule has 10 heteroatoms. The second-order valence-corrected chi connectivity index (χ2v) is 12.2. The molecule has 1 aliphatic carbocycles. The van der Waals surface area contributed by atoms with Gasteiger partial charge in [-0.25, -0.2) is 17.2 Å². The Morgan fingerprint density at radius 2 is 1.74 bits per heavy atom. The monoisotopic (exact) mass is 563 g/mol. The lowest BCUT2D eigenvalue weighted by atomic mass is 9.95. The Kier molecular flexibility index (Phi) is 10.9. The van der Waals surface area contributed by atoms with Crippen LogP contribution in [0.5, 0.6) is 0 Å². The molecule has 0 radical (unpaired) electrons. The molecule has 0 unspecified atom stereocenters. The Balaban J connectivity index is 1.77. The molecule has 1 N–H and O–H groups in total. The van der Waals surface area contributed by atoms with Gasteiger partial charge in [0.1, 0.15) is 6.04 Å². The number of halogens is 2. The van der Waals surface area contributed by atoms with Gasteiger partial charge < -0.3 is 10.2 Å². The number of benzene rings is 2. The van der Waals surface area contributed by atoms with E-state index in [1.165, 1.54) is 6.07 Å². The zero-order valence-corrected chi connectivity index (χ0v) is 23.8. The first-order valence-electron chi connectivity index (χ1n) is 13.6. The Morgan fingerprint density at radius 3 is 2.36 bits per heavy atom. The molecule has 0 bridgehead atoms. The molecule has 2 aromatic carbocycles. The summed E-state index contributed by atoms with van der Waals surface area (Å²) in [4.78, 5) is 28.5. The Bertz CT molecular complexity index is 1250. The van der Waals surface area contributed by atoms with Gasteiger partial charge in [-0.2, -0.15) is 0 Å². The number of aryl methyl sites for hydroxylation is 1. The van der Waals surface area contributed by atoms with Crippen LogP contribution in [0.1, 0.15) is 69.4 Å². The van der Waals surface area contributed by atoms with Crippen molar-refractivity contribution >= 4 is 27.5 Å². The van der Waals surface area contributed by atoms with Crippen molar-refractivity contribution in [3.63, 3.8) is 0 Å². The summed E-state index contributed by atoms with van der Waals surface area (Å²) in [7, 11) is -3.82. The van der Waals surface area contributed by atoms with E-state index in [0.717, 1.165) is 65.9 Å². The van der Waals surface area contributed by atoms with Crippen LogP contribution < -0.4 is 9.62 Å². The predicted octanol–water partition coefficient (Wildman–Crippen LogP) is 5.08. The highest BCUT2D eigenvalue weighted by Gasteiger charge is 2.30. The molecule has 1 saturated carbocycles. The van der Waals surface area contributed by atoms with Gasteiger partial charge in [-0.3, -0.25) is 13.9 Å². The van der Waals surface area contributed by atoms with Crippen molar-refractivity contribution < 1.29 is 26.8 Å². The van der Waals surface area contributed by atoms with E-state index in [9.17, 15) is 26.8 Å². The van der Waals surface area contributed by atoms with Crippen LogP contribution in [-0.2, 0) is 26.2 Å². The minimum atomic E-state index is -3.82. The first-order chi connectivity index (χ1) is 18.5. The summed E-state index contributed by atoms with van der Waals surface area (Å²) < 4.78 is 53.0. The zero-order valence-electron chi connectivity index (χ0n) is 23.0. The molecule has 0 aromatic heterocycles. The molecule has 1 fully saturated rings. The van der Waals surface area contributed by atoms with Crippen LogP contribution in [-0.4, -0.2) is 50.0 Å². The van der Waals surface area contributed by atoms with E-state index in [1.807, 2.05) is 38.1 Å². The summed E-state index contributed by atoms with van der Waals surface area (Å²) in [6.45, 7) is 3.98. The van der Waals surface area contributed by atoms with Crippen LogP contribution in [0.4, 0.5) is 14.5 Å². The smallest absolute Gasteiger partial charge is 0.243 e. The summed E-state index contributed by atoms with van der Waals surface area (Å²) in [6.07, 6.45) is 6.69. The number of amides is 2. The maximum atomic E-state index is 13.8. The summed E-state index contributed by atoms with van der Waals surface area (Å²) >= 11 is 0. The first-order valence-corrected chi connectivity index (χ1v) is 15.4. The van der Waals surface area contributed by atoms with Gasteiger partial charge in [0.15, 0.2) is 11.6 Å². The van der Waals surface area contributed by atoms with Gasteiger partial charge in [0.2, 0.25) is 21.8 Å². The zero-order chi connectivity index (χ0) is 28.6. The highest BCUT2D eigenvalue weighted by atomic mass is 32.2. The fraction of sp³-hybridized carbons (Fsp3) is 0.517. The molecule has 0 saturated heterocycles. The van der Waals surface area contributed by atoms with Crippen LogP contribution in [0.25, 0.3) is 0 Å². The van der Waals surface area contributed by atoms with Gasteiger partial charge in [-0.05, 0) is 55.9 Å². The predicted molar refractivity (Wildman–Crippen MR) is 149 cm³/mol.